The number of hydrogen-bond acceptors (Lipinski definition) is 9. The summed E-state index contributed by atoms with van der Waals surface area (Å²) in [4.78, 5) is 47.3. The van der Waals surface area contributed by atoms with E-state index >= 15 is 0 Å². The molecule has 1 unspecified atom stereocenters. The van der Waals surface area contributed by atoms with Crippen LogP contribution in [0.2, 0.25) is 0 Å². The van der Waals surface area contributed by atoms with Crippen molar-refractivity contribution in [2.45, 2.75) is 97.5 Å². The van der Waals surface area contributed by atoms with E-state index in [-0.39, 0.29) is 46.5 Å². The van der Waals surface area contributed by atoms with Crippen LogP contribution in [-0.4, -0.2) is 49.5 Å². The number of carbonyl (C=O) groups is 3. The molecule has 1 aromatic carbocycles. The van der Waals surface area contributed by atoms with E-state index in [1.807, 2.05) is 0 Å². The zero-order valence-electron chi connectivity index (χ0n) is 27.3. The van der Waals surface area contributed by atoms with Crippen molar-refractivity contribution in [1.29, 1.82) is 0 Å². The lowest BCUT2D eigenvalue weighted by Gasteiger charge is -2.59. The molecule has 3 fully saturated rings. The number of aromatic nitrogens is 2. The number of esters is 1. The lowest BCUT2D eigenvalue weighted by molar-refractivity contribution is -0.383. The maximum Gasteiger partial charge on any atom is 0.310 e. The van der Waals surface area contributed by atoms with Gasteiger partial charge in [-0.3, -0.25) is 24.5 Å². The smallest absolute Gasteiger partial charge is 0.310 e. The Kier molecular flexibility index (Phi) is 8.90. The number of aliphatic carboxylic acids is 2. The van der Waals surface area contributed by atoms with E-state index in [1.54, 1.807) is 0 Å². The fraction of sp³-hybridized carbons (Fsp3) is 0.686. The molecule has 0 amide bonds. The van der Waals surface area contributed by atoms with Gasteiger partial charge in [0.15, 0.2) is 0 Å². The highest BCUT2D eigenvalue weighted by atomic mass is 16.6. The molecular weight excluding hydrogens is 606 g/mol. The molecule has 0 saturated heterocycles. The minimum Gasteiger partial charge on any atom is -0.481 e. The summed E-state index contributed by atoms with van der Waals surface area (Å²) in [6, 6.07) is 2.72. The number of carboxylic acid groups (broad SMARTS) is 2. The lowest BCUT2D eigenvalue weighted by atomic mass is 9.46. The van der Waals surface area contributed by atoms with Gasteiger partial charge in [-0.05, 0) is 126 Å². The van der Waals surface area contributed by atoms with Gasteiger partial charge in [-0.25, -0.2) is 4.63 Å². The molecule has 2 N–H and O–H groups in total. The Labute approximate surface area is 273 Å². The summed E-state index contributed by atoms with van der Waals surface area (Å²) >= 11 is 0. The van der Waals surface area contributed by atoms with Crippen LogP contribution >= 0.6 is 0 Å². The van der Waals surface area contributed by atoms with Gasteiger partial charge in [0.2, 0.25) is 5.52 Å². The van der Waals surface area contributed by atoms with Crippen molar-refractivity contribution in [3.8, 4) is 0 Å². The molecule has 2 aromatic rings. The summed E-state index contributed by atoms with van der Waals surface area (Å²) in [6.07, 6.45) is 12.0. The van der Waals surface area contributed by atoms with Crippen molar-refractivity contribution in [3.05, 3.63) is 40.0 Å². The van der Waals surface area contributed by atoms with Crippen LogP contribution < -0.4 is 0 Å². The van der Waals surface area contributed by atoms with Gasteiger partial charge in [-0.1, -0.05) is 32.9 Å². The van der Waals surface area contributed by atoms with Gasteiger partial charge in [0.25, 0.3) is 0 Å². The zero-order chi connectivity index (χ0) is 33.7. The highest BCUT2D eigenvalue weighted by Gasteiger charge is 2.59. The number of carboxylic acids is 2. The molecule has 4 aliphatic carbocycles. The summed E-state index contributed by atoms with van der Waals surface area (Å²) in [5, 5.41) is 37.7. The third-order valence-electron chi connectivity index (χ3n) is 12.8. The van der Waals surface area contributed by atoms with Gasteiger partial charge in [0.05, 0.1) is 17.3 Å². The number of allylic oxidation sites excluding steroid dienone is 2. The minimum atomic E-state index is -1.14. The number of non-ortho nitro benzene ring substituents is 1. The molecule has 12 heteroatoms. The first-order valence-electron chi connectivity index (χ1n) is 17.0. The minimum absolute atomic E-state index is 0.0215. The van der Waals surface area contributed by atoms with Gasteiger partial charge in [0.1, 0.15) is 11.6 Å². The number of rotatable bonds is 11. The van der Waals surface area contributed by atoms with E-state index in [9.17, 15) is 34.7 Å². The van der Waals surface area contributed by atoms with Gasteiger partial charge in [0, 0.05) is 12.5 Å². The molecule has 0 spiro atoms. The van der Waals surface area contributed by atoms with Crippen molar-refractivity contribution >= 4 is 34.6 Å². The average Bonchev–Trinajstić information content (AvgIpc) is 3.64. The summed E-state index contributed by atoms with van der Waals surface area (Å²) in [5.41, 5.74) is 0.416. The van der Waals surface area contributed by atoms with Crippen molar-refractivity contribution < 1.29 is 38.9 Å². The summed E-state index contributed by atoms with van der Waals surface area (Å²) in [6.45, 7) is 7.03. The van der Waals surface area contributed by atoms with E-state index in [1.165, 1.54) is 18.6 Å². The Morgan fingerprint density at radius 2 is 1.85 bits per heavy atom. The second-order valence-corrected chi connectivity index (χ2v) is 15.2. The number of nitro benzene ring substituents is 1. The van der Waals surface area contributed by atoms with Crippen LogP contribution in [0.15, 0.2) is 28.9 Å². The molecule has 0 aliphatic heterocycles. The number of nitrogens with zero attached hydrogens (tertiary/aromatic N) is 3. The Bertz CT molecular complexity index is 1590. The predicted molar refractivity (Wildman–Crippen MR) is 169 cm³/mol. The molecule has 0 bridgehead atoms. The van der Waals surface area contributed by atoms with Crippen LogP contribution in [0.5, 0.6) is 0 Å². The third-order valence-corrected chi connectivity index (χ3v) is 12.8. The monoisotopic (exact) mass is 651 g/mol. The summed E-state index contributed by atoms with van der Waals surface area (Å²) in [5.74, 6) is -0.583. The number of ether oxygens (including phenoxy) is 1. The first kappa shape index (κ1) is 33.1. The summed E-state index contributed by atoms with van der Waals surface area (Å²) < 4.78 is 10.8. The Morgan fingerprint density at radius 3 is 2.57 bits per heavy atom. The average molecular weight is 652 g/mol. The highest BCUT2D eigenvalue weighted by molar-refractivity contribution is 5.87. The van der Waals surface area contributed by atoms with Gasteiger partial charge >= 0.3 is 23.6 Å². The van der Waals surface area contributed by atoms with Crippen molar-refractivity contribution in [2.24, 2.45) is 52.3 Å². The molecule has 1 aromatic heterocycles. The summed E-state index contributed by atoms with van der Waals surface area (Å²) in [7, 11) is 0. The van der Waals surface area contributed by atoms with E-state index in [0.29, 0.717) is 53.9 Å². The van der Waals surface area contributed by atoms with E-state index in [2.05, 4.69) is 43.2 Å². The predicted octanol–water partition coefficient (Wildman–Crippen LogP) is 6.61. The number of fused-ring (bicyclic) bond motifs is 6. The van der Waals surface area contributed by atoms with Crippen LogP contribution in [0.3, 0.4) is 0 Å². The molecule has 4 aliphatic rings. The third kappa shape index (κ3) is 6.04. The van der Waals surface area contributed by atoms with Crippen LogP contribution in [0.1, 0.15) is 90.5 Å². The number of nitro groups is 1. The van der Waals surface area contributed by atoms with Crippen molar-refractivity contribution in [2.75, 3.05) is 0 Å². The molecule has 12 nitrogen and oxygen atoms in total. The SMILES string of the molecule is C[C@H](CCC(=O)O)C1CC[C@H]2[C@@H]3CC[C@@H]4C[C@H](OC(=O)[C@H](CC(=O)O)Cc5ccc([N+](=O)[O-])c6nonc56)CC[C@]4(C)[C@H]3C=C[C@]12C. The Balaban J connectivity index is 1.13. The maximum absolute atomic E-state index is 13.5. The second kappa shape index (κ2) is 12.6. The molecule has 254 valence electrons. The van der Waals surface area contributed by atoms with Gasteiger partial charge in [-0.2, -0.15) is 0 Å². The largest absolute Gasteiger partial charge is 0.481 e. The number of hydrogen-bond donors (Lipinski definition) is 2. The quantitative estimate of drug-likeness (QED) is 0.115. The van der Waals surface area contributed by atoms with Crippen LogP contribution in [-0.2, 0) is 25.5 Å². The molecule has 1 heterocycles. The molecule has 6 rings (SSSR count). The number of carbonyl (C=O) groups excluding carboxylic acids is 1. The fourth-order valence-electron chi connectivity index (χ4n) is 10.4. The topological polar surface area (TPSA) is 183 Å². The molecule has 47 heavy (non-hydrogen) atoms. The zero-order valence-corrected chi connectivity index (χ0v) is 27.3. The van der Waals surface area contributed by atoms with Crippen LogP contribution in [0, 0.1) is 62.4 Å². The molecule has 3 saturated carbocycles. The number of benzene rings is 1. The van der Waals surface area contributed by atoms with E-state index in [0.717, 1.165) is 32.1 Å². The van der Waals surface area contributed by atoms with Crippen molar-refractivity contribution in [3.63, 3.8) is 0 Å². The standard InChI is InChI=1S/C35H45N3O9/c1-19(4-11-29(39)40)25-8-9-26-24-7-6-22-18-23(12-14-34(22,2)27(24)13-15-35(25,26)3)46-33(43)21(17-30(41)42)16-20-5-10-28(38(44)45)32-31(20)36-47-37-32/h5,10,13,15,19,21-27H,4,6-9,11-12,14,16-18H2,1-3H3,(H,39,40)(H,41,42)/t19-,21+,22-,23-,24+,25?,26+,27+,34+,35-/m1/s1. The van der Waals surface area contributed by atoms with Crippen LogP contribution in [0.4, 0.5) is 5.69 Å². The van der Waals surface area contributed by atoms with Crippen molar-refractivity contribution in [1.82, 2.24) is 10.3 Å². The van der Waals surface area contributed by atoms with E-state index < -0.39 is 35.2 Å². The molecule has 10 atom stereocenters. The lowest BCUT2D eigenvalue weighted by Crippen LogP contribution is -2.52. The molecular formula is C35H45N3O9. The van der Waals surface area contributed by atoms with Crippen LogP contribution in [0.25, 0.3) is 11.0 Å². The first-order chi connectivity index (χ1) is 22.3. The second-order valence-electron chi connectivity index (χ2n) is 15.2. The van der Waals surface area contributed by atoms with Gasteiger partial charge in [-0.15, -0.1) is 0 Å². The maximum atomic E-state index is 13.5. The highest BCUT2D eigenvalue weighted by Crippen LogP contribution is 2.66. The Morgan fingerprint density at radius 1 is 1.09 bits per heavy atom. The first-order valence-corrected chi connectivity index (χ1v) is 17.0. The van der Waals surface area contributed by atoms with E-state index in [4.69, 9.17) is 9.37 Å². The fourth-order valence-corrected chi connectivity index (χ4v) is 10.4. The molecule has 0 radical (unpaired) electrons. The Hall–Kier alpha value is -3.83. The van der Waals surface area contributed by atoms with Gasteiger partial charge < -0.3 is 14.9 Å². The normalized spacial score (nSPS) is 34.1.